The Balaban J connectivity index is 2.71. The molecule has 0 aliphatic carbocycles. The van der Waals surface area contributed by atoms with Gasteiger partial charge in [0.15, 0.2) is 0 Å². The number of para-hydroxylation sites is 1. The zero-order valence-corrected chi connectivity index (χ0v) is 13.0. The van der Waals surface area contributed by atoms with Crippen molar-refractivity contribution in [1.29, 1.82) is 0 Å². The van der Waals surface area contributed by atoms with Crippen LogP contribution in [0.5, 0.6) is 0 Å². The maximum Gasteiger partial charge on any atom is 0.355 e. The molecule has 1 heterocycles. The van der Waals surface area contributed by atoms with Gasteiger partial charge in [0.2, 0.25) is 0 Å². The molecule has 0 atom stereocenters. The number of alkyl halides is 2. The minimum absolute atomic E-state index is 0.0641. The van der Waals surface area contributed by atoms with Gasteiger partial charge in [0.05, 0.1) is 25.5 Å². The number of hydrogen-bond donors (Lipinski definition) is 0. The lowest BCUT2D eigenvalue weighted by atomic mass is 10.1. The van der Waals surface area contributed by atoms with Crippen molar-refractivity contribution in [2.45, 2.75) is 6.43 Å². The quantitative estimate of drug-likeness (QED) is 0.792. The average Bonchev–Trinajstić information content (AvgIpc) is 2.83. The van der Waals surface area contributed by atoms with Crippen LogP contribution in [0.15, 0.2) is 60.0 Å². The Morgan fingerprint density at radius 3 is 2.33 bits per heavy atom. The zero-order valence-electron chi connectivity index (χ0n) is 13.0. The van der Waals surface area contributed by atoms with Crippen LogP contribution in [0.4, 0.5) is 14.5 Å². The molecule has 0 amide bonds. The fraction of sp³-hybridized carbons (Fsp3) is 0.176. The standard InChI is InChI=1S/C17H15F2NO4/c1-23-16(21)12-8-5-6-10-20(14(12)17(22)24-2)13-9-4-3-7-11(13)15(18)19/h3-10,15H,1-2H3. The number of ether oxygens (including phenoxy) is 2. The Bertz CT molecular complexity index is 738. The number of hydrogen-bond acceptors (Lipinski definition) is 5. The fourth-order valence-electron chi connectivity index (χ4n) is 2.24. The fourth-order valence-corrected chi connectivity index (χ4v) is 2.24. The number of benzene rings is 1. The lowest BCUT2D eigenvalue weighted by Crippen LogP contribution is -2.27. The number of anilines is 1. The molecule has 5 nitrogen and oxygen atoms in total. The summed E-state index contributed by atoms with van der Waals surface area (Å²) in [7, 11) is 2.30. The van der Waals surface area contributed by atoms with E-state index >= 15 is 0 Å². The molecular weight excluding hydrogens is 320 g/mol. The molecule has 0 N–H and O–H groups in total. The predicted octanol–water partition coefficient (Wildman–Crippen LogP) is 3.11. The molecule has 0 bridgehead atoms. The van der Waals surface area contributed by atoms with Crippen LogP contribution >= 0.6 is 0 Å². The monoisotopic (exact) mass is 335 g/mol. The van der Waals surface area contributed by atoms with Crippen LogP contribution in [0.1, 0.15) is 12.0 Å². The van der Waals surface area contributed by atoms with E-state index in [9.17, 15) is 18.4 Å². The number of esters is 2. The molecule has 0 aromatic heterocycles. The van der Waals surface area contributed by atoms with Crippen LogP contribution < -0.4 is 4.90 Å². The Hall–Kier alpha value is -2.96. The first-order chi connectivity index (χ1) is 11.5. The maximum absolute atomic E-state index is 13.3. The Morgan fingerprint density at radius 2 is 1.71 bits per heavy atom. The molecule has 1 aromatic carbocycles. The molecule has 2 rings (SSSR count). The summed E-state index contributed by atoms with van der Waals surface area (Å²) in [5.74, 6) is -1.63. The molecule has 24 heavy (non-hydrogen) atoms. The number of carbonyl (C=O) groups excluding carboxylic acids is 2. The van der Waals surface area contributed by atoms with Gasteiger partial charge in [-0.2, -0.15) is 0 Å². The molecule has 126 valence electrons. The smallest absolute Gasteiger partial charge is 0.355 e. The summed E-state index contributed by atoms with van der Waals surface area (Å²) in [5.41, 5.74) is -0.523. The topological polar surface area (TPSA) is 55.8 Å². The van der Waals surface area contributed by atoms with Crippen LogP contribution in [0.3, 0.4) is 0 Å². The van der Waals surface area contributed by atoms with Gasteiger partial charge in [-0.15, -0.1) is 0 Å². The highest BCUT2D eigenvalue weighted by Gasteiger charge is 2.29. The minimum atomic E-state index is -2.76. The van der Waals surface area contributed by atoms with Gasteiger partial charge in [0.25, 0.3) is 6.43 Å². The lowest BCUT2D eigenvalue weighted by Gasteiger charge is -2.25. The van der Waals surface area contributed by atoms with E-state index in [1.54, 1.807) is 6.07 Å². The third-order valence-corrected chi connectivity index (χ3v) is 3.32. The SMILES string of the molecule is COC(=O)C1=C(C(=O)OC)N(c2ccccc2C(F)F)C=CC=C1. The summed E-state index contributed by atoms with van der Waals surface area (Å²) in [6, 6.07) is 5.70. The Morgan fingerprint density at radius 1 is 1.04 bits per heavy atom. The van der Waals surface area contributed by atoms with Crippen molar-refractivity contribution in [1.82, 2.24) is 0 Å². The number of methoxy groups -OCH3 is 2. The molecule has 7 heteroatoms. The number of halogens is 2. The molecule has 1 aliphatic heterocycles. The van der Waals surface area contributed by atoms with Crippen LogP contribution in [0.2, 0.25) is 0 Å². The predicted molar refractivity (Wildman–Crippen MR) is 83.2 cm³/mol. The minimum Gasteiger partial charge on any atom is -0.465 e. The second kappa shape index (κ2) is 7.54. The van der Waals surface area contributed by atoms with E-state index < -0.39 is 18.4 Å². The normalized spacial score (nSPS) is 14.0. The van der Waals surface area contributed by atoms with Crippen molar-refractivity contribution in [2.24, 2.45) is 0 Å². The Kier molecular flexibility index (Phi) is 5.47. The summed E-state index contributed by atoms with van der Waals surface area (Å²) >= 11 is 0. The van der Waals surface area contributed by atoms with Crippen molar-refractivity contribution in [2.75, 3.05) is 19.1 Å². The number of carbonyl (C=O) groups is 2. The van der Waals surface area contributed by atoms with Crippen LogP contribution in [-0.2, 0) is 19.1 Å². The van der Waals surface area contributed by atoms with E-state index in [-0.39, 0.29) is 22.5 Å². The molecule has 0 unspecified atom stereocenters. The van der Waals surface area contributed by atoms with Gasteiger partial charge < -0.3 is 14.4 Å². The van der Waals surface area contributed by atoms with Gasteiger partial charge in [-0.1, -0.05) is 24.3 Å². The first kappa shape index (κ1) is 17.4. The molecule has 1 aromatic rings. The molecule has 0 fully saturated rings. The van der Waals surface area contributed by atoms with Crippen molar-refractivity contribution in [3.05, 3.63) is 65.5 Å². The first-order valence-corrected chi connectivity index (χ1v) is 6.93. The van der Waals surface area contributed by atoms with Crippen molar-refractivity contribution in [3.8, 4) is 0 Å². The highest BCUT2D eigenvalue weighted by molar-refractivity contribution is 6.05. The van der Waals surface area contributed by atoms with Crippen LogP contribution in [0, 0.1) is 0 Å². The summed E-state index contributed by atoms with van der Waals surface area (Å²) < 4.78 is 36.0. The molecular formula is C17H15F2NO4. The Labute approximate surface area is 137 Å². The second-order valence-corrected chi connectivity index (χ2v) is 4.68. The summed E-state index contributed by atoms with van der Waals surface area (Å²) in [6.45, 7) is 0. The van der Waals surface area contributed by atoms with Crippen molar-refractivity contribution < 1.29 is 27.8 Å². The third-order valence-electron chi connectivity index (χ3n) is 3.32. The number of allylic oxidation sites excluding steroid dienone is 2. The third kappa shape index (κ3) is 3.34. The van der Waals surface area contributed by atoms with Gasteiger partial charge in [0.1, 0.15) is 5.70 Å². The highest BCUT2D eigenvalue weighted by atomic mass is 19.3. The highest BCUT2D eigenvalue weighted by Crippen LogP contribution is 2.34. The lowest BCUT2D eigenvalue weighted by molar-refractivity contribution is -0.139. The van der Waals surface area contributed by atoms with E-state index in [4.69, 9.17) is 4.74 Å². The second-order valence-electron chi connectivity index (χ2n) is 4.68. The largest absolute Gasteiger partial charge is 0.465 e. The van der Waals surface area contributed by atoms with Crippen molar-refractivity contribution >= 4 is 17.6 Å². The van der Waals surface area contributed by atoms with Gasteiger partial charge in [0, 0.05) is 11.8 Å². The number of rotatable bonds is 4. The van der Waals surface area contributed by atoms with E-state index in [0.29, 0.717) is 0 Å². The molecule has 0 radical (unpaired) electrons. The van der Waals surface area contributed by atoms with Crippen molar-refractivity contribution in [3.63, 3.8) is 0 Å². The van der Waals surface area contributed by atoms with E-state index in [0.717, 1.165) is 14.2 Å². The summed E-state index contributed by atoms with van der Waals surface area (Å²) in [5, 5.41) is 0. The molecule has 0 saturated carbocycles. The summed E-state index contributed by atoms with van der Waals surface area (Å²) in [6.07, 6.45) is 3.02. The van der Waals surface area contributed by atoms with E-state index in [1.165, 1.54) is 47.5 Å². The van der Waals surface area contributed by atoms with Gasteiger partial charge >= 0.3 is 11.9 Å². The zero-order chi connectivity index (χ0) is 17.7. The maximum atomic E-state index is 13.3. The van der Waals surface area contributed by atoms with Crippen LogP contribution in [-0.4, -0.2) is 26.2 Å². The van der Waals surface area contributed by atoms with E-state index in [1.807, 2.05) is 0 Å². The van der Waals surface area contributed by atoms with E-state index in [2.05, 4.69) is 4.74 Å². The average molecular weight is 335 g/mol. The van der Waals surface area contributed by atoms with Gasteiger partial charge in [-0.3, -0.25) is 0 Å². The molecule has 1 aliphatic rings. The molecule has 0 saturated heterocycles. The van der Waals surface area contributed by atoms with Gasteiger partial charge in [-0.05, 0) is 18.2 Å². The number of nitrogens with zero attached hydrogens (tertiary/aromatic N) is 1. The van der Waals surface area contributed by atoms with Gasteiger partial charge in [-0.25, -0.2) is 18.4 Å². The van der Waals surface area contributed by atoms with Crippen LogP contribution in [0.25, 0.3) is 0 Å². The molecule has 0 spiro atoms. The summed E-state index contributed by atoms with van der Waals surface area (Å²) in [4.78, 5) is 25.4. The first-order valence-electron chi connectivity index (χ1n) is 6.93.